The van der Waals surface area contributed by atoms with Gasteiger partial charge in [0.15, 0.2) is 5.79 Å². The van der Waals surface area contributed by atoms with Crippen molar-refractivity contribution in [1.82, 2.24) is 0 Å². The zero-order valence-corrected chi connectivity index (χ0v) is 13.9. The van der Waals surface area contributed by atoms with Gasteiger partial charge in [-0.3, -0.25) is 0 Å². The van der Waals surface area contributed by atoms with Crippen molar-refractivity contribution in [3.8, 4) is 0 Å². The van der Waals surface area contributed by atoms with Gasteiger partial charge in [-0.15, -0.1) is 0 Å². The summed E-state index contributed by atoms with van der Waals surface area (Å²) in [7, 11) is 0. The fourth-order valence-electron chi connectivity index (χ4n) is 5.84. The number of hydrogen-bond acceptors (Lipinski definition) is 3. The van der Waals surface area contributed by atoms with Gasteiger partial charge in [-0.2, -0.15) is 0 Å². The first-order chi connectivity index (χ1) is 11.6. The molecule has 0 N–H and O–H groups in total. The Morgan fingerprint density at radius 3 is 2.38 bits per heavy atom. The van der Waals surface area contributed by atoms with E-state index in [1.165, 1.54) is 11.1 Å². The molecule has 7 rings (SSSR count). The molecule has 1 aliphatic carbocycles. The predicted octanol–water partition coefficient (Wildman–Crippen LogP) is 4.25. The van der Waals surface area contributed by atoms with E-state index in [1.54, 1.807) is 0 Å². The predicted molar refractivity (Wildman–Crippen MR) is 88.2 cm³/mol. The lowest BCUT2D eigenvalue weighted by Crippen LogP contribution is -2.65. The Kier molecular flexibility index (Phi) is 2.23. The SMILES string of the molecule is CC12CC3C4OC(c5ccccc5)(O1)C(c1ccccc14)C3(C)O2. The molecule has 2 aromatic carbocycles. The van der Waals surface area contributed by atoms with Crippen LogP contribution in [0.4, 0.5) is 0 Å². The van der Waals surface area contributed by atoms with Crippen molar-refractivity contribution in [2.24, 2.45) is 5.92 Å². The highest BCUT2D eigenvalue weighted by Gasteiger charge is 2.77. The molecule has 6 unspecified atom stereocenters. The fraction of sp³-hybridized carbons (Fsp3) is 0.429. The highest BCUT2D eigenvalue weighted by atomic mass is 16.8. The van der Waals surface area contributed by atoms with Gasteiger partial charge in [-0.05, 0) is 25.0 Å². The van der Waals surface area contributed by atoms with E-state index in [-0.39, 0.29) is 17.6 Å². The van der Waals surface area contributed by atoms with Gasteiger partial charge in [0.05, 0.1) is 17.6 Å². The van der Waals surface area contributed by atoms with Crippen LogP contribution in [0.25, 0.3) is 0 Å². The van der Waals surface area contributed by atoms with Crippen LogP contribution in [0, 0.1) is 5.92 Å². The van der Waals surface area contributed by atoms with Gasteiger partial charge >= 0.3 is 0 Å². The molecule has 3 nitrogen and oxygen atoms in total. The maximum Gasteiger partial charge on any atom is 0.208 e. The molecule has 2 aromatic rings. The lowest BCUT2D eigenvalue weighted by atomic mass is 9.59. The van der Waals surface area contributed by atoms with Gasteiger partial charge in [0.25, 0.3) is 0 Å². The average Bonchev–Trinajstić information content (AvgIpc) is 2.76. The largest absolute Gasteiger partial charge is 0.343 e. The van der Waals surface area contributed by atoms with Crippen LogP contribution in [-0.2, 0) is 20.0 Å². The molecule has 0 radical (unpaired) electrons. The Morgan fingerprint density at radius 1 is 0.875 bits per heavy atom. The highest BCUT2D eigenvalue weighted by Crippen LogP contribution is 2.74. The van der Waals surface area contributed by atoms with Gasteiger partial charge in [0.2, 0.25) is 5.79 Å². The van der Waals surface area contributed by atoms with E-state index in [9.17, 15) is 0 Å². The molecule has 6 atom stereocenters. The van der Waals surface area contributed by atoms with Crippen molar-refractivity contribution in [1.29, 1.82) is 0 Å². The van der Waals surface area contributed by atoms with Crippen LogP contribution in [0.1, 0.15) is 49.0 Å². The number of ether oxygens (including phenoxy) is 3. The first kappa shape index (κ1) is 13.6. The van der Waals surface area contributed by atoms with Gasteiger partial charge in [-0.25, -0.2) is 0 Å². The third kappa shape index (κ3) is 1.34. The second-order valence-corrected chi connectivity index (χ2v) is 7.97. The molecule has 0 aromatic heterocycles. The van der Waals surface area contributed by atoms with Gasteiger partial charge in [0, 0.05) is 17.9 Å². The molecule has 5 aliphatic rings. The molecular formula is C21H20O3. The molecule has 0 amide bonds. The second-order valence-electron chi connectivity index (χ2n) is 7.97. The van der Waals surface area contributed by atoms with Crippen molar-refractivity contribution >= 4 is 0 Å². The van der Waals surface area contributed by atoms with Crippen molar-refractivity contribution in [2.45, 2.75) is 49.5 Å². The van der Waals surface area contributed by atoms with Crippen LogP contribution in [-0.4, -0.2) is 11.4 Å². The number of fused-ring (bicyclic) bond motifs is 1. The maximum atomic E-state index is 6.74. The summed E-state index contributed by atoms with van der Waals surface area (Å²) in [5, 5.41) is 0. The zero-order chi connectivity index (χ0) is 16.2. The molecule has 3 saturated heterocycles. The monoisotopic (exact) mass is 320 g/mol. The molecule has 4 heterocycles. The quantitative estimate of drug-likeness (QED) is 0.786. The lowest BCUT2D eigenvalue weighted by molar-refractivity contribution is -0.454. The van der Waals surface area contributed by atoms with Crippen LogP contribution in [0.2, 0.25) is 0 Å². The van der Waals surface area contributed by atoms with E-state index in [0.29, 0.717) is 5.92 Å². The molecule has 24 heavy (non-hydrogen) atoms. The number of hydrogen-bond donors (Lipinski definition) is 0. The van der Waals surface area contributed by atoms with Crippen LogP contribution in [0.5, 0.6) is 0 Å². The van der Waals surface area contributed by atoms with Crippen LogP contribution in [0.15, 0.2) is 54.6 Å². The minimum absolute atomic E-state index is 0.0285. The summed E-state index contributed by atoms with van der Waals surface area (Å²) in [5.74, 6) is -0.951. The average molecular weight is 320 g/mol. The molecular weight excluding hydrogens is 300 g/mol. The van der Waals surface area contributed by atoms with Gasteiger partial charge < -0.3 is 14.2 Å². The molecule has 5 bridgehead atoms. The van der Waals surface area contributed by atoms with Crippen LogP contribution in [0.3, 0.4) is 0 Å². The number of rotatable bonds is 1. The summed E-state index contributed by atoms with van der Waals surface area (Å²) in [4.78, 5) is 0. The zero-order valence-electron chi connectivity index (χ0n) is 13.9. The van der Waals surface area contributed by atoms with E-state index >= 15 is 0 Å². The van der Waals surface area contributed by atoms with E-state index in [4.69, 9.17) is 14.2 Å². The lowest BCUT2D eigenvalue weighted by Gasteiger charge is -2.63. The van der Waals surface area contributed by atoms with E-state index < -0.39 is 11.6 Å². The standard InChI is InChI=1S/C21H20O3/c1-19-12-16-17-14-10-6-7-11-15(14)18(20(16,2)23-19)21(22-17,24-19)13-8-4-3-5-9-13/h3-11,16-18H,12H2,1-2H3. The van der Waals surface area contributed by atoms with E-state index in [0.717, 1.165) is 12.0 Å². The minimum Gasteiger partial charge on any atom is -0.343 e. The third-order valence-corrected chi connectivity index (χ3v) is 6.54. The third-order valence-electron chi connectivity index (χ3n) is 6.54. The van der Waals surface area contributed by atoms with Crippen molar-refractivity contribution in [2.75, 3.05) is 0 Å². The summed E-state index contributed by atoms with van der Waals surface area (Å²) < 4.78 is 19.9. The Labute approximate surface area is 141 Å². The summed E-state index contributed by atoms with van der Waals surface area (Å²) in [5.41, 5.74) is 3.48. The summed E-state index contributed by atoms with van der Waals surface area (Å²) in [6, 6.07) is 19.1. The maximum absolute atomic E-state index is 6.74. The molecule has 122 valence electrons. The Morgan fingerprint density at radius 2 is 1.58 bits per heavy atom. The Bertz CT molecular complexity index is 849. The first-order valence-electron chi connectivity index (χ1n) is 8.78. The highest BCUT2D eigenvalue weighted by molar-refractivity contribution is 5.47. The van der Waals surface area contributed by atoms with Crippen molar-refractivity contribution in [3.05, 3.63) is 71.3 Å². The molecule has 0 saturated carbocycles. The molecule has 3 heteroatoms. The van der Waals surface area contributed by atoms with Crippen LogP contribution >= 0.6 is 0 Å². The Hall–Kier alpha value is -1.68. The second kappa shape index (κ2) is 3.93. The van der Waals surface area contributed by atoms with Crippen molar-refractivity contribution in [3.63, 3.8) is 0 Å². The van der Waals surface area contributed by atoms with Crippen molar-refractivity contribution < 1.29 is 14.2 Å². The first-order valence-corrected chi connectivity index (χ1v) is 8.78. The van der Waals surface area contributed by atoms with Gasteiger partial charge in [0.1, 0.15) is 0 Å². The van der Waals surface area contributed by atoms with E-state index in [1.807, 2.05) is 6.07 Å². The molecule has 0 spiro atoms. The summed E-state index contributed by atoms with van der Waals surface area (Å²) in [6.07, 6.45) is 0.911. The fourth-order valence-corrected chi connectivity index (χ4v) is 5.84. The normalized spacial score (nSPS) is 47.0. The Balaban J connectivity index is 1.69. The summed E-state index contributed by atoms with van der Waals surface area (Å²) in [6.45, 7) is 4.33. The minimum atomic E-state index is -0.755. The smallest absolute Gasteiger partial charge is 0.208 e. The van der Waals surface area contributed by atoms with Gasteiger partial charge in [-0.1, -0.05) is 54.6 Å². The number of benzene rings is 2. The molecule has 3 fully saturated rings. The van der Waals surface area contributed by atoms with E-state index in [2.05, 4.69) is 62.4 Å². The van der Waals surface area contributed by atoms with Crippen LogP contribution < -0.4 is 0 Å². The topological polar surface area (TPSA) is 27.7 Å². The summed E-state index contributed by atoms with van der Waals surface area (Å²) >= 11 is 0. The molecule has 4 aliphatic heterocycles.